The van der Waals surface area contributed by atoms with E-state index < -0.39 is 0 Å². The lowest BCUT2D eigenvalue weighted by Crippen LogP contribution is -2.27. The SMILES string of the molecule is CCCc1nc2c(c(C3CC3)n1)CNCC2. The Bertz CT molecular complexity index is 396. The van der Waals surface area contributed by atoms with Gasteiger partial charge in [0.05, 0.1) is 11.4 Å². The van der Waals surface area contributed by atoms with E-state index in [4.69, 9.17) is 9.97 Å². The monoisotopic (exact) mass is 217 g/mol. The van der Waals surface area contributed by atoms with Crippen molar-refractivity contribution in [3.63, 3.8) is 0 Å². The molecule has 2 heterocycles. The summed E-state index contributed by atoms with van der Waals surface area (Å²) in [5.74, 6) is 1.82. The summed E-state index contributed by atoms with van der Waals surface area (Å²) in [6.07, 6.45) is 5.90. The fraction of sp³-hybridized carbons (Fsp3) is 0.692. The largest absolute Gasteiger partial charge is 0.312 e. The van der Waals surface area contributed by atoms with E-state index in [2.05, 4.69) is 12.2 Å². The molecule has 1 aromatic rings. The molecular weight excluding hydrogens is 198 g/mol. The zero-order chi connectivity index (χ0) is 11.0. The van der Waals surface area contributed by atoms with Crippen molar-refractivity contribution >= 4 is 0 Å². The van der Waals surface area contributed by atoms with Crippen LogP contribution in [0.1, 0.15) is 54.9 Å². The lowest BCUT2D eigenvalue weighted by molar-refractivity contribution is 0.607. The predicted molar refractivity (Wildman–Crippen MR) is 63.4 cm³/mol. The van der Waals surface area contributed by atoms with Crippen molar-refractivity contribution in [2.45, 2.75) is 51.5 Å². The second-order valence-corrected chi connectivity index (χ2v) is 4.90. The molecule has 0 radical (unpaired) electrons. The van der Waals surface area contributed by atoms with Crippen LogP contribution in [0.25, 0.3) is 0 Å². The molecule has 0 bridgehead atoms. The highest BCUT2D eigenvalue weighted by Gasteiger charge is 2.30. The summed E-state index contributed by atoms with van der Waals surface area (Å²) in [6, 6.07) is 0. The van der Waals surface area contributed by atoms with Gasteiger partial charge in [-0.05, 0) is 19.3 Å². The first-order valence-electron chi connectivity index (χ1n) is 6.47. The van der Waals surface area contributed by atoms with E-state index in [0.29, 0.717) is 0 Å². The first-order chi connectivity index (χ1) is 7.88. The van der Waals surface area contributed by atoms with Crippen LogP contribution in [0.3, 0.4) is 0 Å². The normalized spacial score (nSPS) is 19.6. The smallest absolute Gasteiger partial charge is 0.128 e. The van der Waals surface area contributed by atoms with Crippen molar-refractivity contribution in [3.05, 3.63) is 22.8 Å². The average molecular weight is 217 g/mol. The Balaban J connectivity index is 2.02. The zero-order valence-corrected chi connectivity index (χ0v) is 9.92. The zero-order valence-electron chi connectivity index (χ0n) is 9.92. The summed E-state index contributed by atoms with van der Waals surface area (Å²) in [5, 5.41) is 3.44. The molecule has 1 fully saturated rings. The predicted octanol–water partition coefficient (Wildman–Crippen LogP) is 1.95. The third-order valence-electron chi connectivity index (χ3n) is 3.45. The third-order valence-corrected chi connectivity index (χ3v) is 3.45. The number of aryl methyl sites for hydroxylation is 1. The Hall–Kier alpha value is -0.960. The van der Waals surface area contributed by atoms with Crippen LogP contribution in [0, 0.1) is 0 Å². The van der Waals surface area contributed by atoms with Crippen LogP contribution >= 0.6 is 0 Å². The van der Waals surface area contributed by atoms with Crippen molar-refractivity contribution in [2.75, 3.05) is 6.54 Å². The summed E-state index contributed by atoms with van der Waals surface area (Å²) in [5.41, 5.74) is 4.09. The Labute approximate surface area is 96.7 Å². The number of hydrogen-bond acceptors (Lipinski definition) is 3. The van der Waals surface area contributed by atoms with Gasteiger partial charge >= 0.3 is 0 Å². The minimum atomic E-state index is 0.743. The van der Waals surface area contributed by atoms with Gasteiger partial charge in [0.25, 0.3) is 0 Å². The Morgan fingerprint density at radius 3 is 2.94 bits per heavy atom. The van der Waals surface area contributed by atoms with Crippen LogP contribution < -0.4 is 5.32 Å². The lowest BCUT2D eigenvalue weighted by atomic mass is 10.0. The van der Waals surface area contributed by atoms with Gasteiger partial charge in [-0.3, -0.25) is 0 Å². The quantitative estimate of drug-likeness (QED) is 0.841. The molecular formula is C13H19N3. The maximum atomic E-state index is 4.79. The van der Waals surface area contributed by atoms with Gasteiger partial charge < -0.3 is 5.32 Å². The number of hydrogen-bond donors (Lipinski definition) is 1. The van der Waals surface area contributed by atoms with Gasteiger partial charge in [0.1, 0.15) is 5.82 Å². The molecule has 1 aromatic heterocycles. The maximum Gasteiger partial charge on any atom is 0.128 e. The number of aromatic nitrogens is 2. The van der Waals surface area contributed by atoms with E-state index in [1.54, 1.807) is 0 Å². The number of rotatable bonds is 3. The molecule has 0 unspecified atom stereocenters. The fourth-order valence-electron chi connectivity index (χ4n) is 2.45. The standard InChI is InChI=1S/C13H19N3/c1-2-3-12-15-11-6-7-14-8-10(11)13(16-12)9-4-5-9/h9,14H,2-8H2,1H3. The molecule has 1 aliphatic heterocycles. The second kappa shape index (κ2) is 4.13. The molecule has 0 aromatic carbocycles. The summed E-state index contributed by atoms with van der Waals surface area (Å²) < 4.78 is 0. The molecule has 2 aliphatic rings. The van der Waals surface area contributed by atoms with Crippen molar-refractivity contribution in [1.82, 2.24) is 15.3 Å². The molecule has 1 aliphatic carbocycles. The van der Waals surface area contributed by atoms with E-state index in [0.717, 1.165) is 44.1 Å². The lowest BCUT2D eigenvalue weighted by Gasteiger charge is -2.20. The molecule has 0 amide bonds. The molecule has 0 spiro atoms. The average Bonchev–Trinajstić information content (AvgIpc) is 3.12. The number of fused-ring (bicyclic) bond motifs is 1. The van der Waals surface area contributed by atoms with Gasteiger partial charge in [-0.25, -0.2) is 9.97 Å². The first kappa shape index (κ1) is 10.2. The summed E-state index contributed by atoms with van der Waals surface area (Å²) >= 11 is 0. The van der Waals surface area contributed by atoms with Crippen LogP contribution in [0.4, 0.5) is 0 Å². The Kier molecular flexibility index (Phi) is 2.64. The number of nitrogens with zero attached hydrogens (tertiary/aromatic N) is 2. The minimum absolute atomic E-state index is 0.743. The third kappa shape index (κ3) is 1.84. The Morgan fingerprint density at radius 1 is 1.31 bits per heavy atom. The van der Waals surface area contributed by atoms with Gasteiger partial charge in [-0.2, -0.15) is 0 Å². The first-order valence-corrected chi connectivity index (χ1v) is 6.47. The fourth-order valence-corrected chi connectivity index (χ4v) is 2.45. The van der Waals surface area contributed by atoms with Crippen LogP contribution in [-0.2, 0) is 19.4 Å². The van der Waals surface area contributed by atoms with Crippen molar-refractivity contribution < 1.29 is 0 Å². The van der Waals surface area contributed by atoms with Gasteiger partial charge in [-0.15, -0.1) is 0 Å². The molecule has 0 atom stereocenters. The molecule has 86 valence electrons. The number of nitrogens with one attached hydrogen (secondary N) is 1. The highest BCUT2D eigenvalue weighted by atomic mass is 15.0. The van der Waals surface area contributed by atoms with Crippen molar-refractivity contribution in [2.24, 2.45) is 0 Å². The van der Waals surface area contributed by atoms with Gasteiger partial charge in [0.15, 0.2) is 0 Å². The molecule has 1 saturated carbocycles. The van der Waals surface area contributed by atoms with Gasteiger partial charge in [0.2, 0.25) is 0 Å². The van der Waals surface area contributed by atoms with Gasteiger partial charge in [0, 0.05) is 37.4 Å². The molecule has 16 heavy (non-hydrogen) atoms. The van der Waals surface area contributed by atoms with Crippen LogP contribution in [0.5, 0.6) is 0 Å². The van der Waals surface area contributed by atoms with Crippen molar-refractivity contribution in [1.29, 1.82) is 0 Å². The van der Waals surface area contributed by atoms with E-state index in [-0.39, 0.29) is 0 Å². The highest BCUT2D eigenvalue weighted by Crippen LogP contribution is 2.41. The van der Waals surface area contributed by atoms with Crippen molar-refractivity contribution in [3.8, 4) is 0 Å². The molecule has 3 nitrogen and oxygen atoms in total. The Morgan fingerprint density at radius 2 is 2.19 bits per heavy atom. The molecule has 0 saturated heterocycles. The van der Waals surface area contributed by atoms with E-state index in [1.165, 1.54) is 29.8 Å². The van der Waals surface area contributed by atoms with Crippen LogP contribution in [0.15, 0.2) is 0 Å². The van der Waals surface area contributed by atoms with E-state index in [9.17, 15) is 0 Å². The van der Waals surface area contributed by atoms with E-state index in [1.807, 2.05) is 0 Å². The molecule has 3 rings (SSSR count). The summed E-state index contributed by atoms with van der Waals surface area (Å²) in [6.45, 7) is 4.24. The maximum absolute atomic E-state index is 4.79. The van der Waals surface area contributed by atoms with Gasteiger partial charge in [-0.1, -0.05) is 6.92 Å². The summed E-state index contributed by atoms with van der Waals surface area (Å²) in [7, 11) is 0. The minimum Gasteiger partial charge on any atom is -0.312 e. The van der Waals surface area contributed by atoms with Crippen LogP contribution in [-0.4, -0.2) is 16.5 Å². The summed E-state index contributed by atoms with van der Waals surface area (Å²) in [4.78, 5) is 9.51. The topological polar surface area (TPSA) is 37.8 Å². The van der Waals surface area contributed by atoms with Crippen LogP contribution in [0.2, 0.25) is 0 Å². The van der Waals surface area contributed by atoms with E-state index >= 15 is 0 Å². The molecule has 3 heteroatoms. The molecule has 1 N–H and O–H groups in total. The second-order valence-electron chi connectivity index (χ2n) is 4.90. The highest BCUT2D eigenvalue weighted by molar-refractivity contribution is 5.33.